The van der Waals surface area contributed by atoms with Gasteiger partial charge in [-0.05, 0) is 46.7 Å². The predicted molar refractivity (Wildman–Crippen MR) is 108 cm³/mol. The van der Waals surface area contributed by atoms with Crippen molar-refractivity contribution in [3.05, 3.63) is 68.1 Å². The van der Waals surface area contributed by atoms with Crippen LogP contribution in [0, 0.1) is 9.49 Å². The number of halogens is 1. The van der Waals surface area contributed by atoms with E-state index in [9.17, 15) is 9.59 Å². The van der Waals surface area contributed by atoms with Crippen LogP contribution in [0.3, 0.4) is 0 Å². The van der Waals surface area contributed by atoms with Gasteiger partial charge in [-0.25, -0.2) is 4.68 Å². The molecule has 0 bridgehead atoms. The van der Waals surface area contributed by atoms with Crippen molar-refractivity contribution in [2.45, 2.75) is 20.4 Å². The number of benzene rings is 2. The lowest BCUT2D eigenvalue weighted by molar-refractivity contribution is 0.102. The molecule has 1 N–H and O–H groups in total. The minimum atomic E-state index is -0.321. The molecule has 5 nitrogen and oxygen atoms in total. The molecule has 1 amide bonds. The van der Waals surface area contributed by atoms with Gasteiger partial charge in [0.25, 0.3) is 11.5 Å². The van der Waals surface area contributed by atoms with Crippen molar-refractivity contribution in [2.24, 2.45) is 5.92 Å². The number of fused-ring (bicyclic) bond motifs is 1. The summed E-state index contributed by atoms with van der Waals surface area (Å²) >= 11 is 2.17. The molecule has 3 aromatic rings. The maximum Gasteiger partial charge on any atom is 0.276 e. The molecule has 0 atom stereocenters. The number of hydrogen-bond donors (Lipinski definition) is 1. The number of rotatable bonds is 4. The minimum absolute atomic E-state index is 0.171. The largest absolute Gasteiger partial charge is 0.320 e. The average Bonchev–Trinajstić information content (AvgIpc) is 2.59. The quantitative estimate of drug-likeness (QED) is 0.617. The van der Waals surface area contributed by atoms with Gasteiger partial charge in [0.2, 0.25) is 0 Å². The summed E-state index contributed by atoms with van der Waals surface area (Å²) in [7, 11) is 0. The van der Waals surface area contributed by atoms with Crippen LogP contribution in [0.15, 0.2) is 53.3 Å². The van der Waals surface area contributed by atoms with Crippen LogP contribution in [0.25, 0.3) is 10.8 Å². The van der Waals surface area contributed by atoms with Crippen molar-refractivity contribution in [2.75, 3.05) is 5.32 Å². The highest BCUT2D eigenvalue weighted by atomic mass is 127. The van der Waals surface area contributed by atoms with E-state index in [1.165, 1.54) is 4.68 Å². The standard InChI is InChI=1S/C19H18IN3O2/c1-12(2)11-23-19(25)14-8-4-3-7-13(14)17(22-23)18(24)21-16-10-6-5-9-15(16)20/h3-10,12H,11H2,1-2H3,(H,21,24). The number of hydrogen-bond acceptors (Lipinski definition) is 3. The van der Waals surface area contributed by atoms with Gasteiger partial charge in [0.15, 0.2) is 5.69 Å². The van der Waals surface area contributed by atoms with E-state index in [1.54, 1.807) is 24.3 Å². The number of amides is 1. The van der Waals surface area contributed by atoms with Crippen molar-refractivity contribution in [1.29, 1.82) is 0 Å². The first-order valence-electron chi connectivity index (χ1n) is 8.03. The fourth-order valence-corrected chi connectivity index (χ4v) is 3.14. The first-order valence-corrected chi connectivity index (χ1v) is 9.11. The summed E-state index contributed by atoms with van der Waals surface area (Å²) in [5.74, 6) is -0.0739. The van der Waals surface area contributed by atoms with E-state index < -0.39 is 0 Å². The van der Waals surface area contributed by atoms with Crippen LogP contribution < -0.4 is 10.9 Å². The summed E-state index contributed by atoms with van der Waals surface area (Å²) in [5, 5.41) is 8.32. The summed E-state index contributed by atoms with van der Waals surface area (Å²) in [4.78, 5) is 25.5. The van der Waals surface area contributed by atoms with Gasteiger partial charge in [-0.1, -0.05) is 44.2 Å². The van der Waals surface area contributed by atoms with Crippen molar-refractivity contribution < 1.29 is 4.79 Å². The zero-order chi connectivity index (χ0) is 18.0. The number of nitrogens with zero attached hydrogens (tertiary/aromatic N) is 2. The molecule has 0 unspecified atom stereocenters. The lowest BCUT2D eigenvalue weighted by Crippen LogP contribution is -2.29. The molecule has 25 heavy (non-hydrogen) atoms. The van der Waals surface area contributed by atoms with Crippen molar-refractivity contribution in [3.63, 3.8) is 0 Å². The molecule has 6 heteroatoms. The molecule has 0 aliphatic carbocycles. The number of nitrogens with one attached hydrogen (secondary N) is 1. The molecule has 1 aromatic heterocycles. The van der Waals surface area contributed by atoms with E-state index in [0.717, 1.165) is 9.26 Å². The smallest absolute Gasteiger partial charge is 0.276 e. The Hall–Kier alpha value is -2.22. The highest BCUT2D eigenvalue weighted by Crippen LogP contribution is 2.20. The van der Waals surface area contributed by atoms with Crippen molar-refractivity contribution >= 4 is 45.0 Å². The third kappa shape index (κ3) is 3.73. The second kappa shape index (κ2) is 7.35. The molecule has 128 valence electrons. The summed E-state index contributed by atoms with van der Waals surface area (Å²) in [5.41, 5.74) is 0.811. The van der Waals surface area contributed by atoms with E-state index in [-0.39, 0.29) is 23.1 Å². The second-order valence-electron chi connectivity index (χ2n) is 6.21. The Balaban J connectivity index is 2.11. The summed E-state index contributed by atoms with van der Waals surface area (Å²) < 4.78 is 2.32. The van der Waals surface area contributed by atoms with Gasteiger partial charge in [0.1, 0.15) is 0 Å². The minimum Gasteiger partial charge on any atom is -0.320 e. The third-order valence-electron chi connectivity index (χ3n) is 3.74. The molecule has 0 radical (unpaired) electrons. The van der Waals surface area contributed by atoms with E-state index in [4.69, 9.17) is 0 Å². The topological polar surface area (TPSA) is 64.0 Å². The first-order chi connectivity index (χ1) is 12.0. The third-order valence-corrected chi connectivity index (χ3v) is 4.68. The van der Waals surface area contributed by atoms with Gasteiger partial charge in [0.05, 0.1) is 11.1 Å². The summed E-state index contributed by atoms with van der Waals surface area (Å²) in [6.07, 6.45) is 0. The van der Waals surface area contributed by atoms with Gasteiger partial charge < -0.3 is 5.32 Å². The molecule has 2 aromatic carbocycles. The lowest BCUT2D eigenvalue weighted by atomic mass is 10.1. The van der Waals surface area contributed by atoms with E-state index in [2.05, 4.69) is 33.0 Å². The van der Waals surface area contributed by atoms with Crippen LogP contribution >= 0.6 is 22.6 Å². The van der Waals surface area contributed by atoms with Gasteiger partial charge in [-0.3, -0.25) is 9.59 Å². The van der Waals surface area contributed by atoms with Crippen molar-refractivity contribution in [3.8, 4) is 0 Å². The van der Waals surface area contributed by atoms with Crippen LogP contribution in [-0.2, 0) is 6.54 Å². The molecule has 0 saturated carbocycles. The van der Waals surface area contributed by atoms with Crippen LogP contribution in [0.1, 0.15) is 24.3 Å². The van der Waals surface area contributed by atoms with Crippen LogP contribution in [0.5, 0.6) is 0 Å². The number of aromatic nitrogens is 2. The maximum atomic E-state index is 12.8. The second-order valence-corrected chi connectivity index (χ2v) is 7.37. The van der Waals surface area contributed by atoms with Gasteiger partial charge in [-0.2, -0.15) is 5.10 Å². The first kappa shape index (κ1) is 17.6. The highest BCUT2D eigenvalue weighted by Gasteiger charge is 2.17. The fourth-order valence-electron chi connectivity index (χ4n) is 2.62. The Morgan fingerprint density at radius 1 is 1.12 bits per heavy atom. The van der Waals surface area contributed by atoms with E-state index in [1.807, 2.05) is 38.1 Å². The molecular formula is C19H18IN3O2. The fraction of sp³-hybridized carbons (Fsp3) is 0.211. The SMILES string of the molecule is CC(C)Cn1nc(C(=O)Nc2ccccc2I)c2ccccc2c1=O. The van der Waals surface area contributed by atoms with Crippen LogP contribution in [0.2, 0.25) is 0 Å². The molecule has 0 spiro atoms. The average molecular weight is 447 g/mol. The zero-order valence-electron chi connectivity index (χ0n) is 14.0. The predicted octanol–water partition coefficient (Wildman–Crippen LogP) is 3.91. The summed E-state index contributed by atoms with van der Waals surface area (Å²) in [6, 6.07) is 14.6. The molecular weight excluding hydrogens is 429 g/mol. The van der Waals surface area contributed by atoms with Gasteiger partial charge in [-0.15, -0.1) is 0 Å². The lowest BCUT2D eigenvalue weighted by Gasteiger charge is -2.13. The number of anilines is 1. The molecule has 0 saturated heterocycles. The normalized spacial score (nSPS) is 11.0. The van der Waals surface area contributed by atoms with Crippen LogP contribution in [-0.4, -0.2) is 15.7 Å². The van der Waals surface area contributed by atoms with Crippen molar-refractivity contribution in [1.82, 2.24) is 9.78 Å². The Morgan fingerprint density at radius 2 is 1.76 bits per heavy atom. The molecule has 0 aliphatic heterocycles. The van der Waals surface area contributed by atoms with Gasteiger partial charge >= 0.3 is 0 Å². The monoisotopic (exact) mass is 447 g/mol. The Morgan fingerprint density at radius 3 is 2.44 bits per heavy atom. The summed E-state index contributed by atoms with van der Waals surface area (Å²) in [6.45, 7) is 4.48. The molecule has 0 fully saturated rings. The zero-order valence-corrected chi connectivity index (χ0v) is 16.1. The number of para-hydroxylation sites is 1. The molecule has 0 aliphatic rings. The Labute approximate surface area is 159 Å². The van der Waals surface area contributed by atoms with E-state index >= 15 is 0 Å². The number of carbonyl (C=O) groups excluding carboxylic acids is 1. The maximum absolute atomic E-state index is 12.8. The van der Waals surface area contributed by atoms with Crippen LogP contribution in [0.4, 0.5) is 5.69 Å². The molecule has 3 rings (SSSR count). The van der Waals surface area contributed by atoms with Gasteiger partial charge in [0, 0.05) is 15.5 Å². The Bertz CT molecular complexity index is 995. The molecule has 1 heterocycles. The number of carbonyl (C=O) groups is 1. The highest BCUT2D eigenvalue weighted by molar-refractivity contribution is 14.1. The Kier molecular flexibility index (Phi) is 5.17. The van der Waals surface area contributed by atoms with E-state index in [0.29, 0.717) is 17.3 Å².